The molecule has 0 saturated heterocycles. The van der Waals surface area contributed by atoms with Gasteiger partial charge in [0.15, 0.2) is 0 Å². The molecule has 1 amide bonds. The second-order valence-electron chi connectivity index (χ2n) is 4.18. The maximum Gasteiger partial charge on any atom is 0.227 e. The number of furan rings is 1. The summed E-state index contributed by atoms with van der Waals surface area (Å²) < 4.78 is 17.7. The molecule has 1 aromatic carbocycles. The SMILES string of the molecule is CN(Cc1ccoc1)C(=O)Cc1ccc(F)cc1. The molecule has 1 aromatic heterocycles. The third-order valence-electron chi connectivity index (χ3n) is 2.69. The Morgan fingerprint density at radius 1 is 1.22 bits per heavy atom. The highest BCUT2D eigenvalue weighted by molar-refractivity contribution is 5.78. The number of carbonyl (C=O) groups excluding carboxylic acids is 1. The monoisotopic (exact) mass is 247 g/mol. The van der Waals surface area contributed by atoms with Crippen LogP contribution < -0.4 is 0 Å². The number of hydrogen-bond donors (Lipinski definition) is 0. The van der Waals surface area contributed by atoms with Crippen LogP contribution in [-0.2, 0) is 17.8 Å². The maximum atomic E-state index is 12.7. The topological polar surface area (TPSA) is 33.5 Å². The van der Waals surface area contributed by atoms with Crippen molar-refractivity contribution in [3.8, 4) is 0 Å². The van der Waals surface area contributed by atoms with Gasteiger partial charge in [-0.1, -0.05) is 12.1 Å². The standard InChI is InChI=1S/C14H14FNO2/c1-16(9-12-6-7-18-10-12)14(17)8-11-2-4-13(15)5-3-11/h2-7,10H,8-9H2,1H3. The molecule has 0 unspecified atom stereocenters. The normalized spacial score (nSPS) is 10.3. The minimum Gasteiger partial charge on any atom is -0.472 e. The molecule has 1 heterocycles. The van der Waals surface area contributed by atoms with Gasteiger partial charge in [-0.15, -0.1) is 0 Å². The highest BCUT2D eigenvalue weighted by Crippen LogP contribution is 2.08. The summed E-state index contributed by atoms with van der Waals surface area (Å²) >= 11 is 0. The van der Waals surface area contributed by atoms with E-state index in [1.54, 1.807) is 36.6 Å². The van der Waals surface area contributed by atoms with Crippen molar-refractivity contribution in [3.63, 3.8) is 0 Å². The van der Waals surface area contributed by atoms with Crippen LogP contribution in [0.25, 0.3) is 0 Å². The van der Waals surface area contributed by atoms with Gasteiger partial charge in [-0.05, 0) is 23.8 Å². The smallest absolute Gasteiger partial charge is 0.227 e. The van der Waals surface area contributed by atoms with Crippen LogP contribution in [0.4, 0.5) is 4.39 Å². The van der Waals surface area contributed by atoms with E-state index in [1.165, 1.54) is 12.1 Å². The Morgan fingerprint density at radius 3 is 2.56 bits per heavy atom. The van der Waals surface area contributed by atoms with Crippen molar-refractivity contribution < 1.29 is 13.6 Å². The van der Waals surface area contributed by atoms with Crippen molar-refractivity contribution in [2.45, 2.75) is 13.0 Å². The van der Waals surface area contributed by atoms with Gasteiger partial charge < -0.3 is 9.32 Å². The molecular formula is C14H14FNO2. The Balaban J connectivity index is 1.93. The molecule has 2 rings (SSSR count). The molecule has 0 saturated carbocycles. The van der Waals surface area contributed by atoms with Crippen LogP contribution in [0.15, 0.2) is 47.3 Å². The van der Waals surface area contributed by atoms with E-state index in [0.29, 0.717) is 6.54 Å². The summed E-state index contributed by atoms with van der Waals surface area (Å²) in [6.07, 6.45) is 3.46. The van der Waals surface area contributed by atoms with Crippen LogP contribution in [0, 0.1) is 5.82 Å². The zero-order chi connectivity index (χ0) is 13.0. The summed E-state index contributed by atoms with van der Waals surface area (Å²) in [5.74, 6) is -0.305. The molecule has 2 aromatic rings. The first-order valence-corrected chi connectivity index (χ1v) is 5.64. The zero-order valence-electron chi connectivity index (χ0n) is 10.1. The lowest BCUT2D eigenvalue weighted by molar-refractivity contribution is -0.129. The van der Waals surface area contributed by atoms with E-state index in [9.17, 15) is 9.18 Å². The quantitative estimate of drug-likeness (QED) is 0.832. The molecule has 0 atom stereocenters. The first-order chi connectivity index (χ1) is 8.65. The van der Waals surface area contributed by atoms with Crippen molar-refractivity contribution in [1.29, 1.82) is 0 Å². The first-order valence-electron chi connectivity index (χ1n) is 5.64. The van der Waals surface area contributed by atoms with Gasteiger partial charge in [-0.25, -0.2) is 4.39 Å². The maximum absolute atomic E-state index is 12.7. The Kier molecular flexibility index (Phi) is 3.77. The van der Waals surface area contributed by atoms with Crippen molar-refractivity contribution in [3.05, 3.63) is 59.8 Å². The summed E-state index contributed by atoms with van der Waals surface area (Å²) in [6.45, 7) is 0.510. The van der Waals surface area contributed by atoms with E-state index >= 15 is 0 Å². The molecule has 0 aliphatic carbocycles. The lowest BCUT2D eigenvalue weighted by atomic mass is 10.1. The summed E-state index contributed by atoms with van der Waals surface area (Å²) in [7, 11) is 1.73. The first kappa shape index (κ1) is 12.4. The van der Waals surface area contributed by atoms with Crippen LogP contribution in [0.2, 0.25) is 0 Å². The number of hydrogen-bond acceptors (Lipinski definition) is 2. The van der Waals surface area contributed by atoms with Crippen molar-refractivity contribution >= 4 is 5.91 Å². The van der Waals surface area contributed by atoms with Crippen molar-refractivity contribution in [2.24, 2.45) is 0 Å². The fourth-order valence-electron chi connectivity index (χ4n) is 1.66. The van der Waals surface area contributed by atoms with E-state index in [-0.39, 0.29) is 18.1 Å². The van der Waals surface area contributed by atoms with Gasteiger partial charge in [0, 0.05) is 19.2 Å². The Morgan fingerprint density at radius 2 is 1.94 bits per heavy atom. The molecule has 4 heteroatoms. The van der Waals surface area contributed by atoms with E-state index in [1.807, 2.05) is 6.07 Å². The van der Waals surface area contributed by atoms with E-state index in [4.69, 9.17) is 4.42 Å². The summed E-state index contributed by atoms with van der Waals surface area (Å²) in [4.78, 5) is 13.5. The molecule has 0 bridgehead atoms. The third-order valence-corrected chi connectivity index (χ3v) is 2.69. The number of nitrogens with zero attached hydrogens (tertiary/aromatic N) is 1. The summed E-state index contributed by atoms with van der Waals surface area (Å²) in [6, 6.07) is 7.79. The average molecular weight is 247 g/mol. The minimum atomic E-state index is -0.294. The van der Waals surface area contributed by atoms with Crippen LogP contribution in [0.3, 0.4) is 0 Å². The van der Waals surface area contributed by atoms with E-state index < -0.39 is 0 Å². The van der Waals surface area contributed by atoms with Gasteiger partial charge in [-0.2, -0.15) is 0 Å². The number of likely N-dealkylation sites (N-methyl/N-ethyl adjacent to an activating group) is 1. The number of rotatable bonds is 4. The molecule has 3 nitrogen and oxygen atoms in total. The molecule has 0 radical (unpaired) electrons. The summed E-state index contributed by atoms with van der Waals surface area (Å²) in [5, 5.41) is 0. The van der Waals surface area contributed by atoms with Crippen LogP contribution in [0.1, 0.15) is 11.1 Å². The fourth-order valence-corrected chi connectivity index (χ4v) is 1.66. The Bertz CT molecular complexity index is 505. The average Bonchev–Trinajstić information content (AvgIpc) is 2.85. The Labute approximate surface area is 105 Å². The Hall–Kier alpha value is -2.10. The number of amides is 1. The highest BCUT2D eigenvalue weighted by atomic mass is 19.1. The van der Waals surface area contributed by atoms with E-state index in [0.717, 1.165) is 11.1 Å². The van der Waals surface area contributed by atoms with Gasteiger partial charge in [0.25, 0.3) is 0 Å². The predicted octanol–water partition coefficient (Wildman–Crippen LogP) is 2.62. The molecular weight excluding hydrogens is 233 g/mol. The lowest BCUT2D eigenvalue weighted by Crippen LogP contribution is -2.27. The predicted molar refractivity (Wildman–Crippen MR) is 65.3 cm³/mol. The molecule has 0 fully saturated rings. The molecule has 0 N–H and O–H groups in total. The second kappa shape index (κ2) is 5.49. The number of halogens is 1. The number of benzene rings is 1. The third kappa shape index (κ3) is 3.20. The van der Waals surface area contributed by atoms with Gasteiger partial charge in [0.05, 0.1) is 18.9 Å². The van der Waals surface area contributed by atoms with Gasteiger partial charge in [-0.3, -0.25) is 4.79 Å². The van der Waals surface area contributed by atoms with Crippen molar-refractivity contribution in [2.75, 3.05) is 7.05 Å². The molecule has 0 aliphatic heterocycles. The minimum absolute atomic E-state index is 0.0113. The molecule has 0 aliphatic rings. The van der Waals surface area contributed by atoms with Gasteiger partial charge in [0.1, 0.15) is 5.82 Å². The molecule has 18 heavy (non-hydrogen) atoms. The van der Waals surface area contributed by atoms with Crippen LogP contribution in [0.5, 0.6) is 0 Å². The van der Waals surface area contributed by atoms with Crippen LogP contribution >= 0.6 is 0 Å². The van der Waals surface area contributed by atoms with Crippen molar-refractivity contribution in [1.82, 2.24) is 4.90 Å². The van der Waals surface area contributed by atoms with Gasteiger partial charge >= 0.3 is 0 Å². The van der Waals surface area contributed by atoms with Crippen LogP contribution in [-0.4, -0.2) is 17.9 Å². The molecule has 0 spiro atoms. The fraction of sp³-hybridized carbons (Fsp3) is 0.214. The number of carbonyl (C=O) groups is 1. The van der Waals surface area contributed by atoms with E-state index in [2.05, 4.69) is 0 Å². The lowest BCUT2D eigenvalue weighted by Gasteiger charge is -2.16. The largest absolute Gasteiger partial charge is 0.472 e. The van der Waals surface area contributed by atoms with Gasteiger partial charge in [0.2, 0.25) is 5.91 Å². The zero-order valence-corrected chi connectivity index (χ0v) is 10.1. The summed E-state index contributed by atoms with van der Waals surface area (Å²) in [5.41, 5.74) is 1.75. The highest BCUT2D eigenvalue weighted by Gasteiger charge is 2.10. The second-order valence-corrected chi connectivity index (χ2v) is 4.18. The molecule has 94 valence electrons.